The minimum absolute atomic E-state index is 0.363. The molecule has 3 aromatic rings. The van der Waals surface area contributed by atoms with Crippen molar-refractivity contribution in [2.45, 2.75) is 10.9 Å². The number of thioether (sulfide) groups is 1. The Morgan fingerprint density at radius 1 is 1.16 bits per heavy atom. The van der Waals surface area contributed by atoms with E-state index in [1.807, 2.05) is 42.5 Å². The molecule has 0 radical (unpaired) electrons. The van der Waals surface area contributed by atoms with Gasteiger partial charge in [-0.2, -0.15) is 5.10 Å². The van der Waals surface area contributed by atoms with Gasteiger partial charge in [-0.3, -0.25) is 0 Å². The van der Waals surface area contributed by atoms with Gasteiger partial charge >= 0.3 is 0 Å². The Kier molecular flexibility index (Phi) is 5.53. The van der Waals surface area contributed by atoms with Crippen LogP contribution in [0.2, 0.25) is 0 Å². The molecule has 0 spiro atoms. The van der Waals surface area contributed by atoms with Crippen molar-refractivity contribution in [3.8, 4) is 5.75 Å². The smallest absolute Gasteiger partial charge is 0.264 e. The number of nitrogens with zero attached hydrogens (tertiary/aromatic N) is 4. The first-order chi connectivity index (χ1) is 12.3. The van der Waals surface area contributed by atoms with Gasteiger partial charge in [0.05, 0.1) is 13.3 Å². The highest BCUT2D eigenvalue weighted by molar-refractivity contribution is 7.98. The summed E-state index contributed by atoms with van der Waals surface area (Å²) in [7, 11) is 1.62. The molecule has 0 atom stereocenters. The van der Waals surface area contributed by atoms with E-state index < -0.39 is 0 Å². The van der Waals surface area contributed by atoms with E-state index in [1.54, 1.807) is 13.3 Å². The number of aromatic nitrogens is 3. The van der Waals surface area contributed by atoms with E-state index in [2.05, 4.69) is 32.9 Å². The molecule has 0 amide bonds. The molecule has 1 aromatic heterocycles. The molecule has 7 nitrogen and oxygen atoms in total. The molecule has 0 unspecified atom stereocenters. The summed E-state index contributed by atoms with van der Waals surface area (Å²) in [6.07, 6.45) is 1.64. The third-order valence-electron chi connectivity index (χ3n) is 3.38. The van der Waals surface area contributed by atoms with E-state index in [9.17, 15) is 0 Å². The summed E-state index contributed by atoms with van der Waals surface area (Å²) in [6, 6.07) is 17.7. The van der Waals surface area contributed by atoms with Gasteiger partial charge < -0.3 is 10.6 Å². The first kappa shape index (κ1) is 16.8. The second kappa shape index (κ2) is 8.20. The third kappa shape index (κ3) is 4.30. The Morgan fingerprint density at radius 2 is 1.92 bits per heavy atom. The number of methoxy groups -OCH3 is 1. The maximum Gasteiger partial charge on any atom is 0.264 e. The van der Waals surface area contributed by atoms with Crippen LogP contribution >= 0.6 is 11.8 Å². The monoisotopic (exact) mass is 354 g/mol. The third-order valence-corrected chi connectivity index (χ3v) is 4.40. The minimum atomic E-state index is 0.363. The predicted molar refractivity (Wildman–Crippen MR) is 100 cm³/mol. The van der Waals surface area contributed by atoms with Crippen molar-refractivity contribution in [3.05, 3.63) is 65.7 Å². The summed E-state index contributed by atoms with van der Waals surface area (Å²) in [5, 5.41) is 12.8. The summed E-state index contributed by atoms with van der Waals surface area (Å²) < 4.78 is 6.65. The lowest BCUT2D eigenvalue weighted by Gasteiger charge is -2.04. The topological polar surface area (TPSA) is 90.3 Å². The van der Waals surface area contributed by atoms with Gasteiger partial charge in [0, 0.05) is 11.3 Å². The normalized spacial score (nSPS) is 10.9. The fraction of sp³-hybridized carbons (Fsp3) is 0.118. The van der Waals surface area contributed by atoms with Gasteiger partial charge in [0.2, 0.25) is 5.16 Å². The van der Waals surface area contributed by atoms with Crippen molar-refractivity contribution in [1.29, 1.82) is 0 Å². The molecule has 0 aliphatic rings. The average Bonchev–Trinajstić information content (AvgIpc) is 3.01. The number of hydrazone groups is 1. The summed E-state index contributed by atoms with van der Waals surface area (Å²) in [4.78, 5) is 0. The van der Waals surface area contributed by atoms with E-state index >= 15 is 0 Å². The number of nitrogens with one attached hydrogen (secondary N) is 1. The van der Waals surface area contributed by atoms with Gasteiger partial charge in [0.15, 0.2) is 0 Å². The fourth-order valence-electron chi connectivity index (χ4n) is 2.11. The van der Waals surface area contributed by atoms with Crippen LogP contribution in [0.5, 0.6) is 5.75 Å². The molecule has 128 valence electrons. The van der Waals surface area contributed by atoms with E-state index in [4.69, 9.17) is 10.6 Å². The van der Waals surface area contributed by atoms with Crippen LogP contribution in [-0.2, 0) is 5.75 Å². The highest BCUT2D eigenvalue weighted by atomic mass is 32.2. The van der Waals surface area contributed by atoms with Crippen LogP contribution in [0.15, 0.2) is 64.9 Å². The zero-order valence-corrected chi connectivity index (χ0v) is 14.5. The number of hydrogen-bond donors (Lipinski definition) is 2. The summed E-state index contributed by atoms with van der Waals surface area (Å²) in [6.45, 7) is 0. The molecule has 2 aromatic carbocycles. The van der Waals surface area contributed by atoms with Crippen LogP contribution in [0.3, 0.4) is 0 Å². The van der Waals surface area contributed by atoms with Crippen LogP contribution in [0.1, 0.15) is 11.1 Å². The molecule has 0 fully saturated rings. The van der Waals surface area contributed by atoms with Crippen LogP contribution in [0, 0.1) is 0 Å². The highest BCUT2D eigenvalue weighted by Crippen LogP contribution is 2.21. The molecule has 0 bridgehead atoms. The van der Waals surface area contributed by atoms with Gasteiger partial charge in [-0.15, -0.1) is 10.2 Å². The largest absolute Gasteiger partial charge is 0.496 e. The minimum Gasteiger partial charge on any atom is -0.496 e. The number of para-hydroxylation sites is 1. The Hall–Kier alpha value is -3.00. The molecular weight excluding hydrogens is 336 g/mol. The molecule has 3 rings (SSSR count). The number of nitrogens with two attached hydrogens (primary N) is 1. The van der Waals surface area contributed by atoms with Crippen molar-refractivity contribution < 1.29 is 4.74 Å². The summed E-state index contributed by atoms with van der Waals surface area (Å²) >= 11 is 1.51. The van der Waals surface area contributed by atoms with E-state index in [0.717, 1.165) is 17.1 Å². The molecular formula is C17H18N6OS. The Labute approximate surface area is 149 Å². The van der Waals surface area contributed by atoms with Crippen LogP contribution in [0.4, 0.5) is 5.95 Å². The van der Waals surface area contributed by atoms with Gasteiger partial charge in [-0.05, 0) is 17.7 Å². The van der Waals surface area contributed by atoms with Crippen molar-refractivity contribution in [2.75, 3.05) is 18.4 Å². The second-order valence-electron chi connectivity index (χ2n) is 5.06. The number of hydrogen-bond acceptors (Lipinski definition) is 7. The maximum atomic E-state index is 6.01. The van der Waals surface area contributed by atoms with Crippen LogP contribution in [-0.4, -0.2) is 28.2 Å². The fourth-order valence-corrected chi connectivity index (χ4v) is 2.92. The number of anilines is 1. The lowest BCUT2D eigenvalue weighted by Crippen LogP contribution is -2.13. The van der Waals surface area contributed by atoms with Gasteiger partial charge in [0.1, 0.15) is 5.75 Å². The summed E-state index contributed by atoms with van der Waals surface area (Å²) in [5.41, 5.74) is 4.84. The van der Waals surface area contributed by atoms with E-state index in [-0.39, 0.29) is 0 Å². The van der Waals surface area contributed by atoms with Gasteiger partial charge in [0.25, 0.3) is 5.95 Å². The standard InChI is InChI=1S/C17H18N6OS/c1-24-15-10-6-5-9-14(15)11-19-20-16-21-22-17(23(16)18)25-12-13-7-3-2-4-8-13/h2-11H,12,18H2,1H3,(H,20,21)/b19-11+. The van der Waals surface area contributed by atoms with Gasteiger partial charge in [-0.25, -0.2) is 10.1 Å². The molecule has 1 heterocycles. The van der Waals surface area contributed by atoms with E-state index in [1.165, 1.54) is 22.0 Å². The van der Waals surface area contributed by atoms with Crippen LogP contribution < -0.4 is 16.0 Å². The molecule has 8 heteroatoms. The van der Waals surface area contributed by atoms with Crippen molar-refractivity contribution >= 4 is 23.9 Å². The Balaban J connectivity index is 1.62. The molecule has 0 saturated carbocycles. The number of nitrogen functional groups attached to an aromatic ring is 1. The quantitative estimate of drug-likeness (QED) is 0.293. The Morgan fingerprint density at radius 3 is 2.72 bits per heavy atom. The number of benzene rings is 2. The molecule has 25 heavy (non-hydrogen) atoms. The molecule has 0 aliphatic carbocycles. The van der Waals surface area contributed by atoms with Gasteiger partial charge in [-0.1, -0.05) is 54.2 Å². The molecule has 0 saturated heterocycles. The first-order valence-electron chi connectivity index (χ1n) is 7.57. The first-order valence-corrected chi connectivity index (χ1v) is 8.56. The zero-order chi connectivity index (χ0) is 17.5. The van der Waals surface area contributed by atoms with Crippen LogP contribution in [0.25, 0.3) is 0 Å². The number of rotatable bonds is 7. The highest BCUT2D eigenvalue weighted by Gasteiger charge is 2.09. The maximum absolute atomic E-state index is 6.01. The van der Waals surface area contributed by atoms with E-state index in [0.29, 0.717) is 11.1 Å². The van der Waals surface area contributed by atoms with Crippen molar-refractivity contribution in [3.63, 3.8) is 0 Å². The SMILES string of the molecule is COc1ccccc1/C=N/Nc1nnc(SCc2ccccc2)n1N. The molecule has 3 N–H and O–H groups in total. The summed E-state index contributed by atoms with van der Waals surface area (Å²) in [5.74, 6) is 7.88. The average molecular weight is 354 g/mol. The lowest BCUT2D eigenvalue weighted by molar-refractivity contribution is 0.414. The lowest BCUT2D eigenvalue weighted by atomic mass is 10.2. The van der Waals surface area contributed by atoms with Crippen molar-refractivity contribution in [2.24, 2.45) is 5.10 Å². The Bertz CT molecular complexity index is 849. The van der Waals surface area contributed by atoms with Crippen molar-refractivity contribution in [1.82, 2.24) is 14.9 Å². The zero-order valence-electron chi connectivity index (χ0n) is 13.7. The predicted octanol–water partition coefficient (Wildman–Crippen LogP) is 2.74. The second-order valence-corrected chi connectivity index (χ2v) is 6.00. The number of ether oxygens (including phenoxy) is 1. The molecule has 0 aliphatic heterocycles.